The van der Waals surface area contributed by atoms with E-state index in [-0.39, 0.29) is 18.0 Å². The maximum atomic E-state index is 12.3. The summed E-state index contributed by atoms with van der Waals surface area (Å²) in [5.41, 5.74) is 2.66. The van der Waals surface area contributed by atoms with Crippen molar-refractivity contribution >= 4 is 17.6 Å². The Kier molecular flexibility index (Phi) is 6.95. The average Bonchev–Trinajstić information content (AvgIpc) is 2.69. The minimum atomic E-state index is -0.203. The third kappa shape index (κ3) is 5.32. The molecule has 3 amide bonds. The molecule has 1 unspecified atom stereocenters. The van der Waals surface area contributed by atoms with E-state index in [4.69, 9.17) is 5.26 Å². The minimum absolute atomic E-state index is 0.130. The molecule has 27 heavy (non-hydrogen) atoms. The molecule has 0 aliphatic carbocycles. The van der Waals surface area contributed by atoms with Gasteiger partial charge in [-0.2, -0.15) is 5.26 Å². The highest BCUT2D eigenvalue weighted by Crippen LogP contribution is 2.17. The van der Waals surface area contributed by atoms with Gasteiger partial charge in [-0.25, -0.2) is 4.79 Å². The number of nitriles is 1. The van der Waals surface area contributed by atoms with Gasteiger partial charge in [-0.3, -0.25) is 4.79 Å². The Hall–Kier alpha value is -3.33. The number of rotatable bonds is 6. The van der Waals surface area contributed by atoms with E-state index in [0.29, 0.717) is 29.9 Å². The van der Waals surface area contributed by atoms with Gasteiger partial charge in [0.25, 0.3) is 5.91 Å². The van der Waals surface area contributed by atoms with Crippen LogP contribution in [0.4, 0.5) is 10.5 Å². The molecule has 0 aliphatic rings. The van der Waals surface area contributed by atoms with Gasteiger partial charge >= 0.3 is 6.03 Å². The highest BCUT2D eigenvalue weighted by molar-refractivity contribution is 5.94. The number of hydrogen-bond acceptors (Lipinski definition) is 3. The molecular formula is C21H24N4O2. The highest BCUT2D eigenvalue weighted by Gasteiger charge is 2.13. The van der Waals surface area contributed by atoms with E-state index in [1.165, 1.54) is 0 Å². The summed E-state index contributed by atoms with van der Waals surface area (Å²) >= 11 is 0. The number of anilines is 1. The second kappa shape index (κ2) is 9.39. The highest BCUT2D eigenvalue weighted by atomic mass is 16.2. The summed E-state index contributed by atoms with van der Waals surface area (Å²) in [4.78, 5) is 26.1. The molecule has 0 saturated carbocycles. The van der Waals surface area contributed by atoms with Crippen LogP contribution in [0, 0.1) is 11.3 Å². The Bertz CT molecular complexity index is 819. The molecule has 2 aromatic carbocycles. The standard InChI is InChI=1S/C21H24N4O2/c1-4-25(5-2)21(27)24-19-12-10-17(11-13-19)15(3)23-20(26)18-8-6-16(14-22)7-9-18/h6-13,15H,4-5H2,1-3H3,(H,23,26)(H,24,27). The van der Waals surface area contributed by atoms with Gasteiger partial charge in [-0.1, -0.05) is 12.1 Å². The van der Waals surface area contributed by atoms with Crippen molar-refractivity contribution in [1.82, 2.24) is 10.2 Å². The van der Waals surface area contributed by atoms with Gasteiger partial charge in [0, 0.05) is 24.3 Å². The lowest BCUT2D eigenvalue weighted by Gasteiger charge is -2.19. The molecule has 0 aliphatic heterocycles. The number of benzene rings is 2. The second-order valence-corrected chi connectivity index (χ2v) is 6.11. The first kappa shape index (κ1) is 20.0. The molecule has 2 N–H and O–H groups in total. The summed E-state index contributed by atoms with van der Waals surface area (Å²) in [5.74, 6) is -0.203. The van der Waals surface area contributed by atoms with Gasteiger partial charge in [0.2, 0.25) is 0 Å². The van der Waals surface area contributed by atoms with E-state index in [2.05, 4.69) is 10.6 Å². The van der Waals surface area contributed by atoms with E-state index in [9.17, 15) is 9.59 Å². The second-order valence-electron chi connectivity index (χ2n) is 6.11. The Morgan fingerprint density at radius 2 is 1.63 bits per heavy atom. The van der Waals surface area contributed by atoms with Crippen molar-refractivity contribution < 1.29 is 9.59 Å². The fourth-order valence-electron chi connectivity index (χ4n) is 2.63. The van der Waals surface area contributed by atoms with Crippen molar-refractivity contribution in [3.8, 4) is 6.07 Å². The van der Waals surface area contributed by atoms with E-state index >= 15 is 0 Å². The maximum Gasteiger partial charge on any atom is 0.321 e. The van der Waals surface area contributed by atoms with E-state index in [1.807, 2.05) is 51.1 Å². The minimum Gasteiger partial charge on any atom is -0.346 e. The van der Waals surface area contributed by atoms with Crippen LogP contribution in [-0.4, -0.2) is 29.9 Å². The van der Waals surface area contributed by atoms with Gasteiger partial charge in [0.05, 0.1) is 17.7 Å². The number of nitrogens with zero attached hydrogens (tertiary/aromatic N) is 2. The molecular weight excluding hydrogens is 340 g/mol. The number of amides is 3. The van der Waals surface area contributed by atoms with Gasteiger partial charge < -0.3 is 15.5 Å². The summed E-state index contributed by atoms with van der Waals surface area (Å²) in [6, 6.07) is 15.6. The van der Waals surface area contributed by atoms with Crippen molar-refractivity contribution in [2.75, 3.05) is 18.4 Å². The molecule has 0 saturated heterocycles. The first-order chi connectivity index (χ1) is 13.0. The van der Waals surface area contributed by atoms with Crippen LogP contribution in [0.25, 0.3) is 0 Å². The average molecular weight is 364 g/mol. The Labute approximate surface area is 159 Å². The maximum absolute atomic E-state index is 12.3. The fraction of sp³-hybridized carbons (Fsp3) is 0.286. The van der Waals surface area contributed by atoms with E-state index in [0.717, 1.165) is 5.56 Å². The number of nitrogens with one attached hydrogen (secondary N) is 2. The first-order valence-corrected chi connectivity index (χ1v) is 8.95. The largest absolute Gasteiger partial charge is 0.346 e. The zero-order valence-electron chi connectivity index (χ0n) is 15.8. The normalized spacial score (nSPS) is 11.2. The Balaban J connectivity index is 1.98. The molecule has 0 heterocycles. The van der Waals surface area contributed by atoms with Crippen molar-refractivity contribution in [3.63, 3.8) is 0 Å². The van der Waals surface area contributed by atoms with E-state index < -0.39 is 0 Å². The molecule has 0 bridgehead atoms. The molecule has 0 spiro atoms. The Morgan fingerprint density at radius 1 is 1.04 bits per heavy atom. The summed E-state index contributed by atoms with van der Waals surface area (Å²) < 4.78 is 0. The predicted molar refractivity (Wildman–Crippen MR) is 105 cm³/mol. The third-order valence-electron chi connectivity index (χ3n) is 4.34. The van der Waals surface area contributed by atoms with Crippen molar-refractivity contribution in [3.05, 3.63) is 65.2 Å². The molecule has 0 fully saturated rings. The molecule has 6 heteroatoms. The lowest BCUT2D eigenvalue weighted by molar-refractivity contribution is 0.0940. The van der Waals surface area contributed by atoms with Crippen molar-refractivity contribution in [2.45, 2.75) is 26.8 Å². The molecule has 140 valence electrons. The summed E-state index contributed by atoms with van der Waals surface area (Å²) in [5, 5.41) is 14.6. The molecule has 0 radical (unpaired) electrons. The third-order valence-corrected chi connectivity index (χ3v) is 4.34. The summed E-state index contributed by atoms with van der Waals surface area (Å²) in [7, 11) is 0. The van der Waals surface area contributed by atoms with Crippen LogP contribution in [0.3, 0.4) is 0 Å². The molecule has 0 aromatic heterocycles. The van der Waals surface area contributed by atoms with Crippen LogP contribution in [0.1, 0.15) is 48.3 Å². The fourth-order valence-corrected chi connectivity index (χ4v) is 2.63. The van der Waals surface area contributed by atoms with Crippen LogP contribution in [0.5, 0.6) is 0 Å². The van der Waals surface area contributed by atoms with Gasteiger partial charge in [0.15, 0.2) is 0 Å². The lowest BCUT2D eigenvalue weighted by atomic mass is 10.1. The van der Waals surface area contributed by atoms with Crippen LogP contribution in [0.2, 0.25) is 0 Å². The smallest absolute Gasteiger partial charge is 0.321 e. The van der Waals surface area contributed by atoms with Crippen molar-refractivity contribution in [1.29, 1.82) is 5.26 Å². The quantitative estimate of drug-likeness (QED) is 0.814. The predicted octanol–water partition coefficient (Wildman–Crippen LogP) is 3.92. The zero-order chi connectivity index (χ0) is 19.8. The van der Waals surface area contributed by atoms with Crippen molar-refractivity contribution in [2.24, 2.45) is 0 Å². The molecule has 6 nitrogen and oxygen atoms in total. The molecule has 2 aromatic rings. The molecule has 2 rings (SSSR count). The number of urea groups is 1. The Morgan fingerprint density at radius 3 is 2.15 bits per heavy atom. The van der Waals surface area contributed by atoms with Gasteiger partial charge in [0.1, 0.15) is 0 Å². The topological polar surface area (TPSA) is 85.2 Å². The summed E-state index contributed by atoms with van der Waals surface area (Å²) in [6.07, 6.45) is 0. The number of carbonyl (C=O) groups is 2. The SMILES string of the molecule is CCN(CC)C(=O)Nc1ccc(C(C)NC(=O)c2ccc(C#N)cc2)cc1. The summed E-state index contributed by atoms with van der Waals surface area (Å²) in [6.45, 7) is 7.07. The molecule has 1 atom stereocenters. The van der Waals surface area contributed by atoms with Crippen LogP contribution < -0.4 is 10.6 Å². The van der Waals surface area contributed by atoms with Crippen LogP contribution >= 0.6 is 0 Å². The number of hydrogen-bond donors (Lipinski definition) is 2. The lowest BCUT2D eigenvalue weighted by Crippen LogP contribution is -2.34. The van der Waals surface area contributed by atoms with Crippen LogP contribution in [-0.2, 0) is 0 Å². The zero-order valence-corrected chi connectivity index (χ0v) is 15.8. The van der Waals surface area contributed by atoms with Gasteiger partial charge in [-0.15, -0.1) is 0 Å². The monoisotopic (exact) mass is 364 g/mol. The van der Waals surface area contributed by atoms with E-state index in [1.54, 1.807) is 29.2 Å². The van der Waals surface area contributed by atoms with Crippen LogP contribution in [0.15, 0.2) is 48.5 Å². The number of carbonyl (C=O) groups excluding carboxylic acids is 2. The first-order valence-electron chi connectivity index (χ1n) is 8.95. The van der Waals surface area contributed by atoms with Gasteiger partial charge in [-0.05, 0) is 62.7 Å².